The monoisotopic (exact) mass is 476 g/mol. The first kappa shape index (κ1) is 23.4. The molecule has 2 aliphatic carbocycles. The number of rotatable bonds is 6. The standard InChI is InChI=1S/C28H32N2O5/c31-26(30-13-11-19(12-14-30)27(32)33)16-18-9-10-20(15-18)29-28(34)35-17-25-23-7-3-1-5-21(23)22-6-2-4-8-24(22)25/h1-8,18-20,25H,9-17H2,(H,29,34)(H,32,33)/t18-,20+/m0/s1. The van der Waals surface area contributed by atoms with Crippen molar-refractivity contribution in [3.05, 3.63) is 59.7 Å². The number of nitrogens with one attached hydrogen (secondary N) is 1. The maximum absolute atomic E-state index is 12.7. The highest BCUT2D eigenvalue weighted by molar-refractivity contribution is 5.79. The largest absolute Gasteiger partial charge is 0.481 e. The van der Waals surface area contributed by atoms with Crippen molar-refractivity contribution in [3.8, 4) is 11.1 Å². The predicted octanol–water partition coefficient (Wildman–Crippen LogP) is 4.41. The number of piperidine rings is 1. The molecule has 2 fully saturated rings. The average molecular weight is 477 g/mol. The molecule has 0 unspecified atom stereocenters. The summed E-state index contributed by atoms with van der Waals surface area (Å²) in [6.07, 6.45) is 3.60. The average Bonchev–Trinajstić information content (AvgIpc) is 3.44. The highest BCUT2D eigenvalue weighted by Gasteiger charge is 2.33. The lowest BCUT2D eigenvalue weighted by atomic mass is 9.96. The lowest BCUT2D eigenvalue weighted by Gasteiger charge is -2.31. The van der Waals surface area contributed by atoms with Crippen LogP contribution in [0.15, 0.2) is 48.5 Å². The first-order chi connectivity index (χ1) is 17.0. The maximum Gasteiger partial charge on any atom is 0.407 e. The van der Waals surface area contributed by atoms with Crippen LogP contribution in [-0.4, -0.2) is 53.7 Å². The van der Waals surface area contributed by atoms with Gasteiger partial charge in [0.2, 0.25) is 5.91 Å². The first-order valence-corrected chi connectivity index (χ1v) is 12.6. The minimum absolute atomic E-state index is 0.0150. The van der Waals surface area contributed by atoms with Crippen molar-refractivity contribution in [2.24, 2.45) is 11.8 Å². The van der Waals surface area contributed by atoms with Gasteiger partial charge < -0.3 is 20.1 Å². The van der Waals surface area contributed by atoms with Gasteiger partial charge in [0.15, 0.2) is 0 Å². The molecular formula is C28H32N2O5. The van der Waals surface area contributed by atoms with Gasteiger partial charge in [0.1, 0.15) is 6.61 Å². The fourth-order valence-electron chi connectivity index (χ4n) is 5.95. The van der Waals surface area contributed by atoms with Gasteiger partial charge in [-0.1, -0.05) is 48.5 Å². The molecule has 7 heteroatoms. The zero-order valence-electron chi connectivity index (χ0n) is 19.8. The van der Waals surface area contributed by atoms with E-state index in [-0.39, 0.29) is 29.7 Å². The summed E-state index contributed by atoms with van der Waals surface area (Å²) in [5.41, 5.74) is 4.78. The molecule has 2 atom stereocenters. The van der Waals surface area contributed by atoms with Crippen molar-refractivity contribution >= 4 is 18.0 Å². The summed E-state index contributed by atoms with van der Waals surface area (Å²) in [6.45, 7) is 1.33. The van der Waals surface area contributed by atoms with E-state index in [1.807, 2.05) is 24.3 Å². The summed E-state index contributed by atoms with van der Waals surface area (Å²) in [7, 11) is 0. The number of carbonyl (C=O) groups is 3. The molecule has 35 heavy (non-hydrogen) atoms. The minimum Gasteiger partial charge on any atom is -0.481 e. The van der Waals surface area contributed by atoms with Crippen LogP contribution in [0.5, 0.6) is 0 Å². The van der Waals surface area contributed by atoms with Crippen LogP contribution >= 0.6 is 0 Å². The van der Waals surface area contributed by atoms with E-state index >= 15 is 0 Å². The normalized spacial score (nSPS) is 21.9. The molecule has 2 N–H and O–H groups in total. The molecule has 1 saturated carbocycles. The van der Waals surface area contributed by atoms with Crippen molar-refractivity contribution in [1.29, 1.82) is 0 Å². The Morgan fingerprint density at radius 2 is 1.54 bits per heavy atom. The Bertz CT molecular complexity index is 1060. The number of hydrogen-bond donors (Lipinski definition) is 2. The van der Waals surface area contributed by atoms with Crippen LogP contribution in [0, 0.1) is 11.8 Å². The van der Waals surface area contributed by atoms with Crippen molar-refractivity contribution < 1.29 is 24.2 Å². The molecule has 1 heterocycles. The number of hydrogen-bond acceptors (Lipinski definition) is 4. The number of aliphatic carboxylic acids is 1. The second-order valence-electron chi connectivity index (χ2n) is 10.0. The highest BCUT2D eigenvalue weighted by atomic mass is 16.5. The van der Waals surface area contributed by atoms with Crippen molar-refractivity contribution in [2.45, 2.75) is 50.5 Å². The van der Waals surface area contributed by atoms with Gasteiger partial charge >= 0.3 is 12.1 Å². The molecule has 5 rings (SSSR count). The van der Waals surface area contributed by atoms with E-state index in [0.29, 0.717) is 39.0 Å². The summed E-state index contributed by atoms with van der Waals surface area (Å²) in [5, 5.41) is 12.1. The van der Waals surface area contributed by atoms with Gasteiger partial charge in [0, 0.05) is 31.5 Å². The number of alkyl carbamates (subject to hydrolysis) is 1. The molecule has 0 bridgehead atoms. The number of carbonyl (C=O) groups excluding carboxylic acids is 2. The third-order valence-corrected chi connectivity index (χ3v) is 7.87. The smallest absolute Gasteiger partial charge is 0.407 e. The van der Waals surface area contributed by atoms with E-state index < -0.39 is 12.1 Å². The zero-order valence-corrected chi connectivity index (χ0v) is 19.8. The minimum atomic E-state index is -0.768. The maximum atomic E-state index is 12.7. The number of carboxylic acids is 1. The summed E-state index contributed by atoms with van der Waals surface area (Å²) >= 11 is 0. The fraction of sp³-hybridized carbons (Fsp3) is 0.464. The molecule has 1 aliphatic heterocycles. The van der Waals surface area contributed by atoms with Crippen molar-refractivity contribution in [1.82, 2.24) is 10.2 Å². The molecule has 7 nitrogen and oxygen atoms in total. The van der Waals surface area contributed by atoms with Crippen LogP contribution in [0.2, 0.25) is 0 Å². The number of amides is 2. The Hall–Kier alpha value is -3.35. The molecule has 184 valence electrons. The van der Waals surface area contributed by atoms with E-state index in [4.69, 9.17) is 9.84 Å². The lowest BCUT2D eigenvalue weighted by Crippen LogP contribution is -2.40. The molecule has 0 aromatic heterocycles. The molecular weight excluding hydrogens is 444 g/mol. The topological polar surface area (TPSA) is 95.9 Å². The Balaban J connectivity index is 1.08. The number of nitrogens with zero attached hydrogens (tertiary/aromatic N) is 1. The number of carboxylic acid groups (broad SMARTS) is 1. The number of ether oxygens (including phenoxy) is 1. The zero-order chi connectivity index (χ0) is 24.4. The Morgan fingerprint density at radius 3 is 2.17 bits per heavy atom. The Kier molecular flexibility index (Phi) is 6.75. The van der Waals surface area contributed by atoms with Crippen LogP contribution in [0.25, 0.3) is 11.1 Å². The molecule has 2 aromatic rings. The fourth-order valence-corrected chi connectivity index (χ4v) is 5.95. The second-order valence-corrected chi connectivity index (χ2v) is 10.0. The van der Waals surface area contributed by atoms with E-state index in [1.54, 1.807) is 4.90 Å². The van der Waals surface area contributed by atoms with Crippen LogP contribution in [-0.2, 0) is 14.3 Å². The van der Waals surface area contributed by atoms with Crippen LogP contribution in [0.4, 0.5) is 4.79 Å². The second kappa shape index (κ2) is 10.1. The van der Waals surface area contributed by atoms with Gasteiger partial charge in [-0.05, 0) is 60.3 Å². The van der Waals surface area contributed by atoms with Gasteiger partial charge in [-0.2, -0.15) is 0 Å². The summed E-state index contributed by atoms with van der Waals surface area (Å²) in [5.74, 6) is -0.738. The molecule has 1 saturated heterocycles. The van der Waals surface area contributed by atoms with Gasteiger partial charge in [0.05, 0.1) is 5.92 Å². The Morgan fingerprint density at radius 1 is 0.914 bits per heavy atom. The molecule has 2 aromatic carbocycles. The third kappa shape index (κ3) is 5.04. The van der Waals surface area contributed by atoms with Gasteiger partial charge in [-0.25, -0.2) is 4.79 Å². The van der Waals surface area contributed by atoms with E-state index in [9.17, 15) is 14.4 Å². The summed E-state index contributed by atoms with van der Waals surface area (Å²) in [4.78, 5) is 38.2. The number of fused-ring (bicyclic) bond motifs is 3. The lowest BCUT2D eigenvalue weighted by molar-refractivity contribution is -0.145. The van der Waals surface area contributed by atoms with E-state index in [2.05, 4.69) is 29.6 Å². The predicted molar refractivity (Wildman–Crippen MR) is 131 cm³/mol. The van der Waals surface area contributed by atoms with Crippen molar-refractivity contribution in [3.63, 3.8) is 0 Å². The number of benzene rings is 2. The summed E-state index contributed by atoms with van der Waals surface area (Å²) < 4.78 is 5.67. The van der Waals surface area contributed by atoms with Gasteiger partial charge in [0.25, 0.3) is 0 Å². The van der Waals surface area contributed by atoms with Gasteiger partial charge in [-0.3, -0.25) is 9.59 Å². The summed E-state index contributed by atoms with van der Waals surface area (Å²) in [6, 6.07) is 16.5. The van der Waals surface area contributed by atoms with E-state index in [0.717, 1.165) is 19.3 Å². The van der Waals surface area contributed by atoms with Crippen LogP contribution in [0.3, 0.4) is 0 Å². The van der Waals surface area contributed by atoms with Crippen LogP contribution < -0.4 is 5.32 Å². The van der Waals surface area contributed by atoms with Crippen LogP contribution in [0.1, 0.15) is 55.6 Å². The van der Waals surface area contributed by atoms with Crippen molar-refractivity contribution in [2.75, 3.05) is 19.7 Å². The highest BCUT2D eigenvalue weighted by Crippen LogP contribution is 2.44. The quantitative estimate of drug-likeness (QED) is 0.644. The molecule has 3 aliphatic rings. The Labute approximate surface area is 205 Å². The number of likely N-dealkylation sites (tertiary alicyclic amines) is 1. The molecule has 0 radical (unpaired) electrons. The molecule has 2 amide bonds. The van der Waals surface area contributed by atoms with E-state index in [1.165, 1.54) is 22.3 Å². The van der Waals surface area contributed by atoms with Gasteiger partial charge in [-0.15, -0.1) is 0 Å². The third-order valence-electron chi connectivity index (χ3n) is 7.87. The molecule has 0 spiro atoms. The SMILES string of the molecule is O=C(N[C@@H]1CC[C@H](CC(=O)N2CCC(C(=O)O)CC2)C1)OCC1c2ccccc2-c2ccccc21. The first-order valence-electron chi connectivity index (χ1n) is 12.6.